The van der Waals surface area contributed by atoms with E-state index in [-0.39, 0.29) is 55.4 Å². The van der Waals surface area contributed by atoms with Gasteiger partial charge in [-0.2, -0.15) is 16.8 Å². The second kappa shape index (κ2) is 21.2. The summed E-state index contributed by atoms with van der Waals surface area (Å²) in [5.74, 6) is -0.997. The standard InChI is InChI=1S/C46H57N3O13S2/c1-45(2,3)41-30-33(36-19-17-34(31-39(36)61-41)47(25-27-59-5)26-28-60-6)14-10-8-7-9-11-15-40-46(4,23-12-16-44(52)62-49-42(50)21-22-43(49)51)37-32-35(64(56,57)58)18-20-38(37)48(40)24-13-29-63(53,54)55/h7-11,14-15,17-20,30-32H,12-13,16,21-29H2,1-6H3,(H-,53,54,55,56,57,58)/p+1. The highest BCUT2D eigenvalue weighted by molar-refractivity contribution is 7.86. The Balaban J connectivity index is 1.46. The predicted octanol–water partition coefficient (Wildman–Crippen LogP) is 5.84. The number of amides is 2. The summed E-state index contributed by atoms with van der Waals surface area (Å²) in [5.41, 5.74) is 2.27. The van der Waals surface area contributed by atoms with E-state index >= 15 is 0 Å². The Kier molecular flexibility index (Phi) is 16.5. The number of rotatable bonds is 20. The molecule has 0 saturated carbocycles. The lowest BCUT2D eigenvalue weighted by molar-refractivity contribution is -0.197. The first-order valence-electron chi connectivity index (χ1n) is 20.9. The molecule has 3 heterocycles. The Bertz CT molecular complexity index is 2580. The maximum Gasteiger partial charge on any atom is 0.333 e. The molecule has 64 heavy (non-hydrogen) atoms. The fourth-order valence-corrected chi connectivity index (χ4v) is 8.67. The Morgan fingerprint density at radius 2 is 1.55 bits per heavy atom. The topological polar surface area (TPSA) is 210 Å². The van der Waals surface area contributed by atoms with Crippen LogP contribution < -0.4 is 14.8 Å². The highest BCUT2D eigenvalue weighted by Gasteiger charge is 2.44. The number of hydrogen-bond acceptors (Lipinski definition) is 12. The first kappa shape index (κ1) is 49.8. The molecule has 1 fully saturated rings. The van der Waals surface area contributed by atoms with Gasteiger partial charge in [0.2, 0.25) is 5.36 Å². The zero-order valence-electron chi connectivity index (χ0n) is 37.1. The quantitative estimate of drug-likeness (QED) is 0.0591. The number of imide groups is 1. The van der Waals surface area contributed by atoms with Gasteiger partial charge in [-0.3, -0.25) is 18.7 Å². The number of carbonyl (C=O) groups excluding carboxylic acids is 3. The number of ether oxygens (including phenoxy) is 2. The van der Waals surface area contributed by atoms with Crippen molar-refractivity contribution in [1.82, 2.24) is 9.64 Å². The fourth-order valence-electron chi connectivity index (χ4n) is 7.67. The highest BCUT2D eigenvalue weighted by atomic mass is 32.2. The average molecular weight is 925 g/mol. The van der Waals surface area contributed by atoms with Crippen LogP contribution in [0.3, 0.4) is 0 Å². The van der Waals surface area contributed by atoms with Crippen molar-refractivity contribution in [2.75, 3.05) is 57.7 Å². The SMILES string of the molecule is COCC[N+](CCOC)=c1ccc2c(/C=C/C=C/C=C/C=C3\N(CCCS(=O)(=O)O)c4ccc(S(=O)(=O)O)cc4C3(C)CCCC(=O)ON3C(=O)CCC3=O)cc(C(C)(C)C)oc-2c1. The van der Waals surface area contributed by atoms with Crippen LogP contribution in [0.25, 0.3) is 17.4 Å². The maximum atomic E-state index is 12.8. The predicted molar refractivity (Wildman–Crippen MR) is 241 cm³/mol. The van der Waals surface area contributed by atoms with Gasteiger partial charge in [0.15, 0.2) is 13.1 Å². The van der Waals surface area contributed by atoms with Crippen LogP contribution >= 0.6 is 0 Å². The van der Waals surface area contributed by atoms with Gasteiger partial charge >= 0.3 is 5.97 Å². The van der Waals surface area contributed by atoms with Gasteiger partial charge in [-0.1, -0.05) is 57.2 Å². The van der Waals surface area contributed by atoms with E-state index in [4.69, 9.17) is 18.7 Å². The molecule has 16 nitrogen and oxygen atoms in total. The summed E-state index contributed by atoms with van der Waals surface area (Å²) in [6.07, 6.45) is 13.1. The summed E-state index contributed by atoms with van der Waals surface area (Å²) < 4.78 is 86.8. The summed E-state index contributed by atoms with van der Waals surface area (Å²) in [6, 6.07) is 12.3. The third-order valence-corrected chi connectivity index (χ3v) is 12.7. The smallest absolute Gasteiger partial charge is 0.333 e. The van der Waals surface area contributed by atoms with Crippen LogP contribution in [0.4, 0.5) is 5.69 Å². The zero-order valence-corrected chi connectivity index (χ0v) is 38.7. The number of anilines is 1. The molecule has 2 N–H and O–H groups in total. The highest BCUT2D eigenvalue weighted by Crippen LogP contribution is 2.51. The maximum absolute atomic E-state index is 12.8. The molecule has 0 bridgehead atoms. The Morgan fingerprint density at radius 3 is 2.17 bits per heavy atom. The molecule has 1 atom stereocenters. The molecule has 2 amide bonds. The average Bonchev–Trinajstić information content (AvgIpc) is 3.65. The third-order valence-electron chi connectivity index (χ3n) is 11.0. The van der Waals surface area contributed by atoms with Crippen LogP contribution in [0.1, 0.15) is 83.1 Å². The molecule has 1 aromatic rings. The van der Waals surface area contributed by atoms with E-state index in [2.05, 4.69) is 31.4 Å². The normalized spacial score (nSPS) is 17.9. The van der Waals surface area contributed by atoms with E-state index in [1.54, 1.807) is 32.4 Å². The van der Waals surface area contributed by atoms with Crippen molar-refractivity contribution in [2.24, 2.45) is 0 Å². The molecule has 4 aliphatic rings. The van der Waals surface area contributed by atoms with Gasteiger partial charge in [-0.15, -0.1) is 5.06 Å². The molecule has 1 saturated heterocycles. The van der Waals surface area contributed by atoms with Crippen LogP contribution in [-0.4, -0.2) is 102 Å². The van der Waals surface area contributed by atoms with Crippen LogP contribution in [0.15, 0.2) is 93.9 Å². The van der Waals surface area contributed by atoms with Gasteiger partial charge in [0.05, 0.1) is 16.7 Å². The number of nitrogens with zero attached hydrogens (tertiary/aromatic N) is 3. The van der Waals surface area contributed by atoms with Crippen molar-refractivity contribution >= 4 is 49.8 Å². The third kappa shape index (κ3) is 12.7. The summed E-state index contributed by atoms with van der Waals surface area (Å²) in [7, 11) is -5.58. The lowest BCUT2D eigenvalue weighted by atomic mass is 9.77. The largest absolute Gasteiger partial charge is 0.460 e. The summed E-state index contributed by atoms with van der Waals surface area (Å²) in [6.45, 7) is 10.7. The van der Waals surface area contributed by atoms with Crippen LogP contribution in [-0.2, 0) is 59.8 Å². The number of benzene rings is 2. The van der Waals surface area contributed by atoms with Gasteiger partial charge in [0, 0.05) is 73.9 Å². The van der Waals surface area contributed by atoms with Crippen molar-refractivity contribution in [3.63, 3.8) is 0 Å². The van der Waals surface area contributed by atoms with Crippen LogP contribution in [0.5, 0.6) is 0 Å². The first-order chi connectivity index (χ1) is 30.2. The minimum Gasteiger partial charge on any atom is -0.460 e. The van der Waals surface area contributed by atoms with E-state index in [9.17, 15) is 40.3 Å². The van der Waals surface area contributed by atoms with E-state index in [1.807, 2.05) is 54.3 Å². The van der Waals surface area contributed by atoms with E-state index in [0.717, 1.165) is 28.0 Å². The van der Waals surface area contributed by atoms with Gasteiger partial charge in [0.1, 0.15) is 24.7 Å². The number of hydroxylamine groups is 2. The molecule has 3 aliphatic heterocycles. The second-order valence-electron chi connectivity index (χ2n) is 16.8. The Hall–Kier alpha value is -5.24. The van der Waals surface area contributed by atoms with Gasteiger partial charge in [-0.25, -0.2) is 9.37 Å². The summed E-state index contributed by atoms with van der Waals surface area (Å²) >= 11 is 0. The van der Waals surface area contributed by atoms with Gasteiger partial charge in [-0.05, 0) is 73.7 Å². The molecule has 5 rings (SSSR count). The molecule has 346 valence electrons. The molecular weight excluding hydrogens is 867 g/mol. The number of hydrogen-bond donors (Lipinski definition) is 2. The van der Waals surface area contributed by atoms with Crippen molar-refractivity contribution in [2.45, 2.75) is 81.9 Å². The molecule has 0 radical (unpaired) electrons. The lowest BCUT2D eigenvalue weighted by Crippen LogP contribution is -2.35. The van der Waals surface area contributed by atoms with Crippen molar-refractivity contribution in [3.8, 4) is 11.3 Å². The minimum atomic E-state index is -4.63. The van der Waals surface area contributed by atoms with E-state index in [0.29, 0.717) is 48.3 Å². The number of methoxy groups -OCH3 is 2. The molecule has 1 aliphatic carbocycles. The monoisotopic (exact) mass is 924 g/mol. The van der Waals surface area contributed by atoms with Crippen molar-refractivity contribution < 1.29 is 59.1 Å². The molecule has 18 heteroatoms. The zero-order chi connectivity index (χ0) is 46.9. The summed E-state index contributed by atoms with van der Waals surface area (Å²) in [4.78, 5) is 43.3. The second-order valence-corrected chi connectivity index (χ2v) is 19.8. The lowest BCUT2D eigenvalue weighted by Gasteiger charge is -2.30. The van der Waals surface area contributed by atoms with Crippen LogP contribution in [0.2, 0.25) is 0 Å². The molecule has 1 unspecified atom stereocenters. The molecular formula is C46H58N3O13S2+. The number of fused-ring (bicyclic) bond motifs is 2. The Morgan fingerprint density at radius 1 is 0.891 bits per heavy atom. The molecule has 1 aromatic carbocycles. The number of allylic oxidation sites excluding steroid dienone is 7. The summed E-state index contributed by atoms with van der Waals surface area (Å²) in [5, 5.41) is 1.46. The number of carbonyl (C=O) groups is 3. The van der Waals surface area contributed by atoms with Crippen LogP contribution in [0, 0.1) is 0 Å². The fraction of sp³-hybridized carbons (Fsp3) is 0.435. The first-order valence-corrected chi connectivity index (χ1v) is 24.0. The molecule has 0 aromatic heterocycles. The van der Waals surface area contributed by atoms with Crippen molar-refractivity contribution in [3.05, 3.63) is 107 Å². The van der Waals surface area contributed by atoms with Crippen molar-refractivity contribution in [1.29, 1.82) is 0 Å². The van der Waals surface area contributed by atoms with E-state index < -0.39 is 49.2 Å². The Labute approximate surface area is 375 Å². The van der Waals surface area contributed by atoms with E-state index in [1.165, 1.54) is 18.2 Å². The van der Waals surface area contributed by atoms with Gasteiger partial charge in [0.25, 0.3) is 32.1 Å². The molecule has 0 spiro atoms. The van der Waals surface area contributed by atoms with Gasteiger partial charge < -0.3 is 23.6 Å². The minimum absolute atomic E-state index is 0.0178.